The van der Waals surface area contributed by atoms with Crippen molar-refractivity contribution in [2.75, 3.05) is 38.2 Å². The SMILES string of the molecule is CS(=O)(=O)N[C@@H](COS(C)(=O)=O)[C@@H](COS(C)(=O)=O)NS(C)(=O)=O. The highest BCUT2D eigenvalue weighted by Gasteiger charge is 2.30. The first kappa shape index (κ1) is 23.6. The molecule has 0 aliphatic rings. The molecule has 0 unspecified atom stereocenters. The summed E-state index contributed by atoms with van der Waals surface area (Å²) in [7, 11) is -15.8. The van der Waals surface area contributed by atoms with Crippen molar-refractivity contribution < 1.29 is 42.0 Å². The fraction of sp³-hybridized carbons (Fsp3) is 1.00. The summed E-state index contributed by atoms with van der Waals surface area (Å²) < 4.78 is 103. The van der Waals surface area contributed by atoms with Crippen LogP contribution in [0.2, 0.25) is 0 Å². The molecule has 0 spiro atoms. The largest absolute Gasteiger partial charge is 0.269 e. The van der Waals surface area contributed by atoms with Crippen LogP contribution in [0, 0.1) is 0 Å². The van der Waals surface area contributed by atoms with Gasteiger partial charge in [0.15, 0.2) is 0 Å². The highest BCUT2D eigenvalue weighted by Crippen LogP contribution is 2.04. The van der Waals surface area contributed by atoms with Gasteiger partial charge >= 0.3 is 0 Å². The molecular weight excluding hydrogens is 412 g/mol. The maximum absolute atomic E-state index is 11.4. The van der Waals surface area contributed by atoms with Crippen molar-refractivity contribution in [2.45, 2.75) is 12.1 Å². The predicted octanol–water partition coefficient (Wildman–Crippen LogP) is -3.23. The van der Waals surface area contributed by atoms with Crippen LogP contribution < -0.4 is 9.44 Å². The summed E-state index contributed by atoms with van der Waals surface area (Å²) in [4.78, 5) is 0. The van der Waals surface area contributed by atoms with Gasteiger partial charge in [0.25, 0.3) is 20.2 Å². The van der Waals surface area contributed by atoms with E-state index >= 15 is 0 Å². The molecule has 0 aliphatic heterocycles. The molecule has 0 aromatic heterocycles. The molecule has 0 aromatic rings. The quantitative estimate of drug-likeness (QED) is 0.315. The van der Waals surface area contributed by atoms with Gasteiger partial charge < -0.3 is 0 Å². The Morgan fingerprint density at radius 1 is 0.625 bits per heavy atom. The van der Waals surface area contributed by atoms with Crippen LogP contribution in [-0.4, -0.2) is 84.0 Å². The molecule has 16 heteroatoms. The zero-order valence-corrected chi connectivity index (χ0v) is 16.6. The lowest BCUT2D eigenvalue weighted by molar-refractivity contribution is 0.213. The van der Waals surface area contributed by atoms with E-state index in [0.717, 1.165) is 12.5 Å². The zero-order valence-electron chi connectivity index (χ0n) is 13.3. The van der Waals surface area contributed by atoms with Crippen LogP contribution in [0.3, 0.4) is 0 Å². The van der Waals surface area contributed by atoms with Crippen LogP contribution in [0.4, 0.5) is 0 Å². The van der Waals surface area contributed by atoms with Crippen LogP contribution in [0.5, 0.6) is 0 Å². The summed E-state index contributed by atoms with van der Waals surface area (Å²) in [6.45, 7) is -1.57. The summed E-state index contributed by atoms with van der Waals surface area (Å²) in [6, 6.07) is -2.91. The fourth-order valence-electron chi connectivity index (χ4n) is 1.41. The molecule has 0 saturated carbocycles. The Balaban J connectivity index is 5.57. The highest BCUT2D eigenvalue weighted by atomic mass is 32.2. The number of hydrogen-bond donors (Lipinski definition) is 2. The molecule has 12 nitrogen and oxygen atoms in total. The van der Waals surface area contributed by atoms with Gasteiger partial charge in [-0.25, -0.2) is 26.3 Å². The Morgan fingerprint density at radius 3 is 1.04 bits per heavy atom. The van der Waals surface area contributed by atoms with Gasteiger partial charge in [-0.3, -0.25) is 8.37 Å². The van der Waals surface area contributed by atoms with Gasteiger partial charge in [-0.2, -0.15) is 16.8 Å². The number of sulfonamides is 2. The van der Waals surface area contributed by atoms with Gasteiger partial charge in [-0.1, -0.05) is 0 Å². The van der Waals surface area contributed by atoms with Crippen molar-refractivity contribution >= 4 is 40.3 Å². The topological polar surface area (TPSA) is 179 Å². The van der Waals surface area contributed by atoms with Crippen LogP contribution in [0.1, 0.15) is 0 Å². The first-order valence-corrected chi connectivity index (χ1v) is 13.4. The smallest absolute Gasteiger partial charge is 0.264 e. The third-order valence-corrected chi connectivity index (χ3v) is 4.73. The van der Waals surface area contributed by atoms with Gasteiger partial charge in [0.05, 0.1) is 50.3 Å². The minimum Gasteiger partial charge on any atom is -0.269 e. The number of nitrogens with one attached hydrogen (secondary N) is 2. The maximum atomic E-state index is 11.4. The molecule has 2 atom stereocenters. The van der Waals surface area contributed by atoms with E-state index in [9.17, 15) is 33.7 Å². The van der Waals surface area contributed by atoms with E-state index in [0.29, 0.717) is 12.5 Å². The average molecular weight is 433 g/mol. The van der Waals surface area contributed by atoms with E-state index in [4.69, 9.17) is 0 Å². The van der Waals surface area contributed by atoms with Crippen molar-refractivity contribution in [3.63, 3.8) is 0 Å². The third-order valence-electron chi connectivity index (χ3n) is 2.14. The second kappa shape index (κ2) is 8.35. The monoisotopic (exact) mass is 432 g/mol. The molecule has 0 amide bonds. The van der Waals surface area contributed by atoms with Crippen molar-refractivity contribution in [1.82, 2.24) is 9.44 Å². The van der Waals surface area contributed by atoms with Crippen molar-refractivity contribution in [3.05, 3.63) is 0 Å². The molecule has 0 rings (SSSR count). The van der Waals surface area contributed by atoms with Gasteiger partial charge in [0, 0.05) is 0 Å². The van der Waals surface area contributed by atoms with Gasteiger partial charge in [-0.15, -0.1) is 0 Å². The second-order valence-electron chi connectivity index (χ2n) is 4.97. The summed E-state index contributed by atoms with van der Waals surface area (Å²) in [6.07, 6.45) is 2.90. The van der Waals surface area contributed by atoms with Crippen LogP contribution >= 0.6 is 0 Å². The van der Waals surface area contributed by atoms with E-state index < -0.39 is 65.6 Å². The Hall–Kier alpha value is -0.360. The Bertz CT molecular complexity index is 755. The van der Waals surface area contributed by atoms with Crippen LogP contribution in [0.15, 0.2) is 0 Å². The molecule has 0 aliphatic carbocycles. The molecular formula is C8H20N2O10S4. The molecule has 24 heavy (non-hydrogen) atoms. The Morgan fingerprint density at radius 2 is 0.875 bits per heavy atom. The molecule has 0 radical (unpaired) electrons. The molecule has 0 bridgehead atoms. The molecule has 0 fully saturated rings. The Kier molecular flexibility index (Phi) is 8.22. The van der Waals surface area contributed by atoms with Gasteiger partial charge in [0.2, 0.25) is 20.0 Å². The first-order valence-electron chi connectivity index (χ1n) is 6.01. The maximum Gasteiger partial charge on any atom is 0.264 e. The number of hydrogen-bond acceptors (Lipinski definition) is 10. The summed E-state index contributed by atoms with van der Waals surface area (Å²) in [5.74, 6) is 0. The second-order valence-corrected chi connectivity index (χ2v) is 11.8. The third kappa shape index (κ3) is 14.0. The molecule has 0 saturated heterocycles. The molecule has 0 heterocycles. The minimum absolute atomic E-state index is 0.705. The average Bonchev–Trinajstić information content (AvgIpc) is 2.25. The van der Waals surface area contributed by atoms with Crippen molar-refractivity contribution in [3.8, 4) is 0 Å². The Labute approximate surface area is 142 Å². The molecule has 146 valence electrons. The van der Waals surface area contributed by atoms with E-state index in [1.807, 2.05) is 9.44 Å². The summed E-state index contributed by atoms with van der Waals surface area (Å²) in [5, 5.41) is 0. The lowest BCUT2D eigenvalue weighted by Gasteiger charge is -2.26. The zero-order chi connectivity index (χ0) is 19.4. The first-order chi connectivity index (χ1) is 10.4. The molecule has 0 aromatic carbocycles. The van der Waals surface area contributed by atoms with Gasteiger partial charge in [0.1, 0.15) is 0 Å². The number of rotatable bonds is 11. The van der Waals surface area contributed by atoms with E-state index in [2.05, 4.69) is 8.37 Å². The van der Waals surface area contributed by atoms with E-state index in [1.54, 1.807) is 0 Å². The van der Waals surface area contributed by atoms with Crippen LogP contribution in [0.25, 0.3) is 0 Å². The normalized spacial score (nSPS) is 16.7. The highest BCUT2D eigenvalue weighted by molar-refractivity contribution is 7.89. The van der Waals surface area contributed by atoms with Crippen molar-refractivity contribution in [2.24, 2.45) is 0 Å². The van der Waals surface area contributed by atoms with Crippen molar-refractivity contribution in [1.29, 1.82) is 0 Å². The summed E-state index contributed by atoms with van der Waals surface area (Å²) >= 11 is 0. The fourth-order valence-corrected chi connectivity index (χ4v) is 3.76. The predicted molar refractivity (Wildman–Crippen MR) is 85.1 cm³/mol. The van der Waals surface area contributed by atoms with E-state index in [1.165, 1.54) is 0 Å². The molecule has 2 N–H and O–H groups in total. The van der Waals surface area contributed by atoms with Gasteiger partial charge in [-0.05, 0) is 0 Å². The van der Waals surface area contributed by atoms with Crippen LogP contribution in [-0.2, 0) is 48.6 Å². The standard InChI is InChI=1S/C8H20N2O10S4/c1-21(11,12)9-7(5-19-23(3,15)16)8(10-22(2,13)14)6-20-24(4,17)18/h7-10H,5-6H2,1-4H3/t7-,8+. The minimum atomic E-state index is -3.97. The lowest BCUT2D eigenvalue weighted by atomic mass is 10.2. The lowest BCUT2D eigenvalue weighted by Crippen LogP contribution is -2.55. The summed E-state index contributed by atoms with van der Waals surface area (Å²) in [5.41, 5.74) is 0. The van der Waals surface area contributed by atoms with E-state index in [-0.39, 0.29) is 0 Å².